The van der Waals surface area contributed by atoms with Crippen molar-refractivity contribution in [3.8, 4) is 0 Å². The molecule has 0 fully saturated rings. The summed E-state index contributed by atoms with van der Waals surface area (Å²) in [6, 6.07) is 16.2. The minimum Gasteiger partial charge on any atom is -0.289 e. The Kier molecular flexibility index (Phi) is 3.69. The summed E-state index contributed by atoms with van der Waals surface area (Å²) in [4.78, 5) is 15.5. The van der Waals surface area contributed by atoms with Crippen molar-refractivity contribution in [2.24, 2.45) is 5.11 Å². The smallest absolute Gasteiger partial charge is 0.191 e. The van der Waals surface area contributed by atoms with Crippen molar-refractivity contribution in [1.82, 2.24) is 0 Å². The molecule has 0 spiro atoms. The Balaban J connectivity index is 2.24. The maximum absolute atomic E-state index is 12.6. The van der Waals surface area contributed by atoms with Crippen molar-refractivity contribution in [3.63, 3.8) is 0 Å². The van der Waals surface area contributed by atoms with Crippen molar-refractivity contribution < 1.29 is 0 Å². The summed E-state index contributed by atoms with van der Waals surface area (Å²) >= 11 is 1.48. The van der Waals surface area contributed by atoms with Crippen molar-refractivity contribution in [2.75, 3.05) is 0 Å². The minimum atomic E-state index is -0.593. The maximum atomic E-state index is 12.6. The van der Waals surface area contributed by atoms with Crippen molar-refractivity contribution in [1.29, 1.82) is 0 Å². The number of benzene rings is 2. The van der Waals surface area contributed by atoms with Crippen LogP contribution >= 0.6 is 11.3 Å². The monoisotopic (exact) mass is 293 g/mol. The van der Waals surface area contributed by atoms with Gasteiger partial charge in [-0.2, -0.15) is 0 Å². The van der Waals surface area contributed by atoms with Crippen LogP contribution in [0.3, 0.4) is 0 Å². The molecule has 21 heavy (non-hydrogen) atoms. The third-order valence-electron chi connectivity index (χ3n) is 3.28. The Morgan fingerprint density at radius 2 is 1.76 bits per heavy atom. The Morgan fingerprint density at radius 1 is 1.05 bits per heavy atom. The van der Waals surface area contributed by atoms with E-state index in [9.17, 15) is 4.79 Å². The first-order valence-electron chi connectivity index (χ1n) is 6.41. The topological polar surface area (TPSA) is 65.8 Å². The molecule has 1 aromatic heterocycles. The molecular weight excluding hydrogens is 282 g/mol. The van der Waals surface area contributed by atoms with Crippen molar-refractivity contribution in [3.05, 3.63) is 91.8 Å². The van der Waals surface area contributed by atoms with E-state index in [1.807, 2.05) is 48.5 Å². The van der Waals surface area contributed by atoms with Gasteiger partial charge in [-0.3, -0.25) is 4.79 Å². The number of azide groups is 1. The van der Waals surface area contributed by atoms with Gasteiger partial charge in [0, 0.05) is 20.6 Å². The van der Waals surface area contributed by atoms with Crippen LogP contribution in [0.15, 0.2) is 69.9 Å². The molecule has 4 nitrogen and oxygen atoms in total. The summed E-state index contributed by atoms with van der Waals surface area (Å²) < 4.78 is 0.930. The van der Waals surface area contributed by atoms with Gasteiger partial charge < -0.3 is 0 Å². The van der Waals surface area contributed by atoms with E-state index in [2.05, 4.69) is 10.0 Å². The highest BCUT2D eigenvalue weighted by molar-refractivity contribution is 7.16. The Morgan fingerprint density at radius 3 is 2.52 bits per heavy atom. The predicted molar refractivity (Wildman–Crippen MR) is 85.5 cm³/mol. The zero-order valence-electron chi connectivity index (χ0n) is 11.0. The lowest BCUT2D eigenvalue weighted by molar-refractivity contribution is 0.856. The van der Waals surface area contributed by atoms with E-state index in [4.69, 9.17) is 5.53 Å². The van der Waals surface area contributed by atoms with Crippen LogP contribution < -0.4 is 5.43 Å². The van der Waals surface area contributed by atoms with E-state index in [1.54, 1.807) is 11.4 Å². The summed E-state index contributed by atoms with van der Waals surface area (Å²) in [7, 11) is 0. The molecule has 3 rings (SSSR count). The molecule has 0 saturated carbocycles. The molecule has 0 aliphatic carbocycles. The Labute approximate surface area is 124 Å². The first kappa shape index (κ1) is 13.4. The van der Waals surface area contributed by atoms with Gasteiger partial charge in [0.15, 0.2) is 5.43 Å². The molecule has 0 aliphatic heterocycles. The second-order valence-electron chi connectivity index (χ2n) is 4.53. The van der Waals surface area contributed by atoms with Crippen LogP contribution in [-0.4, -0.2) is 0 Å². The van der Waals surface area contributed by atoms with Gasteiger partial charge in [-0.05, 0) is 28.6 Å². The number of nitrogens with zero attached hydrogens (tertiary/aromatic N) is 3. The SMILES string of the molecule is [N-]=[N+]=NC(c1ccccc1)c1csc2ccccc2c1=O. The standard InChI is InChI=1S/C16H11N3OS/c17-19-18-15(11-6-2-1-3-7-11)13-10-21-14-9-5-4-8-12(14)16(13)20/h1-10,15H. The number of fused-ring (bicyclic) bond motifs is 1. The molecular formula is C16H11N3OS. The lowest BCUT2D eigenvalue weighted by atomic mass is 10.0. The van der Waals surface area contributed by atoms with E-state index in [1.165, 1.54) is 11.3 Å². The molecule has 102 valence electrons. The fourth-order valence-corrected chi connectivity index (χ4v) is 3.21. The molecule has 3 aromatic rings. The molecule has 1 unspecified atom stereocenters. The van der Waals surface area contributed by atoms with Gasteiger partial charge in [0.1, 0.15) is 0 Å². The predicted octanol–water partition coefficient (Wildman–Crippen LogP) is 4.66. The van der Waals surface area contributed by atoms with E-state index in [0.717, 1.165) is 10.3 Å². The summed E-state index contributed by atoms with van der Waals surface area (Å²) in [6.45, 7) is 0. The largest absolute Gasteiger partial charge is 0.289 e. The average Bonchev–Trinajstić information content (AvgIpc) is 2.55. The van der Waals surface area contributed by atoms with Gasteiger partial charge in [-0.1, -0.05) is 47.6 Å². The zero-order chi connectivity index (χ0) is 14.7. The lowest BCUT2D eigenvalue weighted by Gasteiger charge is -2.11. The number of rotatable bonds is 3. The van der Waals surface area contributed by atoms with Crippen LogP contribution in [0.4, 0.5) is 0 Å². The molecule has 0 aliphatic rings. The normalized spacial score (nSPS) is 11.8. The van der Waals surface area contributed by atoms with Crippen molar-refractivity contribution in [2.45, 2.75) is 6.04 Å². The second kappa shape index (κ2) is 5.79. The van der Waals surface area contributed by atoms with Gasteiger partial charge in [-0.25, -0.2) is 0 Å². The van der Waals surface area contributed by atoms with Gasteiger partial charge in [0.05, 0.1) is 6.04 Å². The Bertz CT molecular complexity index is 883. The van der Waals surface area contributed by atoms with Crippen LogP contribution in [0.25, 0.3) is 20.5 Å². The molecule has 1 atom stereocenters. The van der Waals surface area contributed by atoms with E-state index >= 15 is 0 Å². The fraction of sp³-hybridized carbons (Fsp3) is 0.0625. The number of hydrogen-bond acceptors (Lipinski definition) is 3. The lowest BCUT2D eigenvalue weighted by Crippen LogP contribution is -2.12. The van der Waals surface area contributed by atoms with Crippen LogP contribution in [0.2, 0.25) is 0 Å². The quantitative estimate of drug-likeness (QED) is 0.393. The summed E-state index contributed by atoms with van der Waals surface area (Å²) in [5.41, 5.74) is 10.1. The average molecular weight is 293 g/mol. The van der Waals surface area contributed by atoms with E-state index in [-0.39, 0.29) is 5.43 Å². The van der Waals surface area contributed by atoms with Crippen LogP contribution in [0.1, 0.15) is 17.2 Å². The van der Waals surface area contributed by atoms with Gasteiger partial charge in [0.25, 0.3) is 0 Å². The van der Waals surface area contributed by atoms with E-state index < -0.39 is 6.04 Å². The van der Waals surface area contributed by atoms with Gasteiger partial charge >= 0.3 is 0 Å². The van der Waals surface area contributed by atoms with Gasteiger partial charge in [0.2, 0.25) is 0 Å². The summed E-state index contributed by atoms with van der Waals surface area (Å²) in [5.74, 6) is 0. The van der Waals surface area contributed by atoms with Crippen molar-refractivity contribution >= 4 is 21.4 Å². The fourth-order valence-electron chi connectivity index (χ4n) is 2.28. The van der Waals surface area contributed by atoms with Gasteiger partial charge in [-0.15, -0.1) is 11.3 Å². The van der Waals surface area contributed by atoms with Crippen LogP contribution in [0.5, 0.6) is 0 Å². The highest BCUT2D eigenvalue weighted by Gasteiger charge is 2.17. The first-order valence-corrected chi connectivity index (χ1v) is 7.29. The van der Waals surface area contributed by atoms with Crippen LogP contribution in [-0.2, 0) is 0 Å². The summed E-state index contributed by atoms with van der Waals surface area (Å²) in [5, 5.41) is 6.27. The molecule has 0 N–H and O–H groups in total. The molecule has 0 bridgehead atoms. The van der Waals surface area contributed by atoms with Crippen LogP contribution in [0, 0.1) is 0 Å². The molecule has 0 amide bonds. The van der Waals surface area contributed by atoms with E-state index in [0.29, 0.717) is 10.9 Å². The zero-order valence-corrected chi connectivity index (χ0v) is 11.8. The Hall–Kier alpha value is -2.62. The third-order valence-corrected chi connectivity index (χ3v) is 4.27. The third kappa shape index (κ3) is 2.52. The highest BCUT2D eigenvalue weighted by Crippen LogP contribution is 2.27. The second-order valence-corrected chi connectivity index (χ2v) is 5.45. The minimum absolute atomic E-state index is 0.0781. The molecule has 0 radical (unpaired) electrons. The molecule has 1 heterocycles. The first-order chi connectivity index (χ1) is 10.3. The number of hydrogen-bond donors (Lipinski definition) is 0. The highest BCUT2D eigenvalue weighted by atomic mass is 32.1. The molecule has 5 heteroatoms. The molecule has 2 aromatic carbocycles. The summed E-state index contributed by atoms with van der Waals surface area (Å²) in [6.07, 6.45) is 0. The molecule has 0 saturated heterocycles. The maximum Gasteiger partial charge on any atom is 0.191 e.